The molecule has 2 heterocycles. The Bertz CT molecular complexity index is 2220. The van der Waals surface area contributed by atoms with Gasteiger partial charge in [-0.3, -0.25) is 4.79 Å². The smallest absolute Gasteiger partial charge is 0.282 e. The first-order valence-corrected chi connectivity index (χ1v) is 13.6. The van der Waals surface area contributed by atoms with Gasteiger partial charge in [0.25, 0.3) is 5.56 Å². The van der Waals surface area contributed by atoms with Crippen molar-refractivity contribution < 1.29 is 13.5 Å². The van der Waals surface area contributed by atoms with Gasteiger partial charge in [-0.2, -0.15) is 9.78 Å². The van der Waals surface area contributed by atoms with Crippen LogP contribution in [0.3, 0.4) is 0 Å². The normalized spacial score (nSPS) is 11.7. The quantitative estimate of drug-likeness (QED) is 0.188. The van der Waals surface area contributed by atoms with Crippen molar-refractivity contribution in [3.05, 3.63) is 142 Å². The first kappa shape index (κ1) is 25.7. The maximum atomic E-state index is 14.3. The average Bonchev–Trinajstić information content (AvgIpc) is 3.43. The van der Waals surface area contributed by atoms with E-state index in [2.05, 4.69) is 5.10 Å². The van der Waals surface area contributed by atoms with Crippen LogP contribution in [0.1, 0.15) is 11.1 Å². The topological polar surface area (TPSA) is 69.6 Å². The minimum absolute atomic E-state index is 0.0239. The van der Waals surface area contributed by atoms with Gasteiger partial charge in [0.15, 0.2) is 5.76 Å². The number of furan rings is 1. The van der Waals surface area contributed by atoms with Crippen LogP contribution in [0.15, 0.2) is 124 Å². The van der Waals surface area contributed by atoms with E-state index < -0.39 is 0 Å². The number of rotatable bonds is 6. The lowest BCUT2D eigenvalue weighted by Crippen LogP contribution is -2.20. The molecule has 42 heavy (non-hydrogen) atoms. The summed E-state index contributed by atoms with van der Waals surface area (Å²) in [5, 5.41) is 8.21. The van der Waals surface area contributed by atoms with Gasteiger partial charge in [0.05, 0.1) is 17.1 Å². The number of ether oxygens (including phenoxy) is 1. The lowest BCUT2D eigenvalue weighted by molar-refractivity contribution is 0.300. The highest BCUT2D eigenvalue weighted by molar-refractivity contribution is 6.31. The van der Waals surface area contributed by atoms with Gasteiger partial charge in [0, 0.05) is 21.5 Å². The van der Waals surface area contributed by atoms with E-state index in [1.54, 1.807) is 66.9 Å². The second kappa shape index (κ2) is 10.6. The van der Waals surface area contributed by atoms with Crippen molar-refractivity contribution in [2.45, 2.75) is 6.61 Å². The lowest BCUT2D eigenvalue weighted by atomic mass is 10.0. The summed E-state index contributed by atoms with van der Waals surface area (Å²) >= 11 is 6.19. The van der Waals surface area contributed by atoms with Crippen molar-refractivity contribution in [1.82, 2.24) is 9.66 Å². The number of nitrogens with zero attached hydrogens (tertiary/aromatic N) is 3. The molecular weight excluding hydrogens is 553 g/mol. The lowest BCUT2D eigenvalue weighted by Gasteiger charge is -2.13. The molecule has 0 aliphatic carbocycles. The van der Waals surface area contributed by atoms with Gasteiger partial charge in [0.2, 0.25) is 5.82 Å². The number of hydrogen-bond donors (Lipinski definition) is 0. The summed E-state index contributed by atoms with van der Waals surface area (Å²) in [6, 6.07) is 32.1. The molecule has 0 atom stereocenters. The zero-order chi connectivity index (χ0) is 28.6. The van der Waals surface area contributed by atoms with E-state index >= 15 is 0 Å². The molecule has 6 nitrogen and oxygen atoms in total. The molecule has 7 rings (SSSR count). The summed E-state index contributed by atoms with van der Waals surface area (Å²) in [6.45, 7) is 0.0239. The Morgan fingerprint density at radius 1 is 0.881 bits per heavy atom. The van der Waals surface area contributed by atoms with Gasteiger partial charge in [-0.25, -0.2) is 9.37 Å². The molecule has 0 bridgehead atoms. The highest BCUT2D eigenvalue weighted by Gasteiger charge is 2.17. The summed E-state index contributed by atoms with van der Waals surface area (Å²) in [6.07, 6.45) is 1.57. The minimum Gasteiger partial charge on any atom is -0.488 e. The third-order valence-corrected chi connectivity index (χ3v) is 7.26. The van der Waals surface area contributed by atoms with E-state index in [-0.39, 0.29) is 23.8 Å². The molecule has 8 heteroatoms. The van der Waals surface area contributed by atoms with E-state index in [4.69, 9.17) is 25.7 Å². The van der Waals surface area contributed by atoms with Gasteiger partial charge >= 0.3 is 0 Å². The van der Waals surface area contributed by atoms with E-state index in [1.165, 1.54) is 10.7 Å². The molecule has 0 amide bonds. The van der Waals surface area contributed by atoms with Crippen molar-refractivity contribution in [3.63, 3.8) is 0 Å². The first-order chi connectivity index (χ1) is 20.5. The van der Waals surface area contributed by atoms with Crippen molar-refractivity contribution in [3.8, 4) is 17.3 Å². The number of hydrogen-bond acceptors (Lipinski definition) is 5. The molecule has 204 valence electrons. The van der Waals surface area contributed by atoms with E-state index in [9.17, 15) is 9.18 Å². The van der Waals surface area contributed by atoms with Crippen LogP contribution >= 0.6 is 11.6 Å². The fourth-order valence-electron chi connectivity index (χ4n) is 4.94. The molecule has 2 aromatic heterocycles. The second-order valence-electron chi connectivity index (χ2n) is 9.69. The van der Waals surface area contributed by atoms with E-state index in [1.807, 2.05) is 42.5 Å². The number of fused-ring (bicyclic) bond motifs is 3. The van der Waals surface area contributed by atoms with Crippen LogP contribution in [0.25, 0.3) is 44.2 Å². The predicted molar refractivity (Wildman–Crippen MR) is 164 cm³/mol. The summed E-state index contributed by atoms with van der Waals surface area (Å²) < 4.78 is 27.7. The Morgan fingerprint density at radius 3 is 2.55 bits per heavy atom. The van der Waals surface area contributed by atoms with Crippen molar-refractivity contribution in [2.75, 3.05) is 0 Å². The summed E-state index contributed by atoms with van der Waals surface area (Å²) in [5.41, 5.74) is 1.81. The summed E-state index contributed by atoms with van der Waals surface area (Å²) in [4.78, 5) is 18.5. The van der Waals surface area contributed by atoms with Crippen LogP contribution in [0.5, 0.6) is 5.75 Å². The van der Waals surface area contributed by atoms with E-state index in [0.717, 1.165) is 16.2 Å². The molecule has 5 aromatic carbocycles. The van der Waals surface area contributed by atoms with Gasteiger partial charge < -0.3 is 9.15 Å². The van der Waals surface area contributed by atoms with Gasteiger partial charge in [-0.1, -0.05) is 72.3 Å². The van der Waals surface area contributed by atoms with Gasteiger partial charge in [-0.05, 0) is 59.3 Å². The van der Waals surface area contributed by atoms with E-state index in [0.29, 0.717) is 44.1 Å². The monoisotopic (exact) mass is 573 g/mol. The second-order valence-corrected chi connectivity index (χ2v) is 10.1. The molecule has 0 aliphatic heterocycles. The van der Waals surface area contributed by atoms with Gasteiger partial charge in [-0.15, -0.1) is 0 Å². The fourth-order valence-corrected chi connectivity index (χ4v) is 5.12. The molecule has 7 aromatic rings. The molecule has 0 saturated carbocycles. The zero-order valence-corrected chi connectivity index (χ0v) is 22.8. The predicted octanol–water partition coefficient (Wildman–Crippen LogP) is 8.22. The molecule has 0 saturated heterocycles. The molecule has 0 fully saturated rings. The maximum Gasteiger partial charge on any atom is 0.282 e. The van der Waals surface area contributed by atoms with Crippen LogP contribution in [0.2, 0.25) is 5.02 Å². The number of para-hydroxylation sites is 1. The Balaban J connectivity index is 1.39. The Hall–Kier alpha value is -5.27. The standard InChI is InChI=1S/C34H21ClFN3O3/c35-24-14-16-30-23(17-24)18-32(42-30)33-38-29-12-6-4-10-26(29)34(40)39(33)37-19-27-25-9-3-1-7-21(25)13-15-31(27)41-20-22-8-2-5-11-28(22)36/h1-19H,20H2. The molecule has 0 unspecified atom stereocenters. The molecule has 0 N–H and O–H groups in total. The Morgan fingerprint density at radius 2 is 1.67 bits per heavy atom. The van der Waals surface area contributed by atoms with Crippen LogP contribution in [-0.4, -0.2) is 15.9 Å². The highest BCUT2D eigenvalue weighted by Crippen LogP contribution is 2.30. The summed E-state index contributed by atoms with van der Waals surface area (Å²) in [7, 11) is 0. The molecule has 0 spiro atoms. The maximum absolute atomic E-state index is 14.3. The average molecular weight is 574 g/mol. The van der Waals surface area contributed by atoms with Crippen LogP contribution in [0.4, 0.5) is 4.39 Å². The fraction of sp³-hybridized carbons (Fsp3) is 0.0294. The van der Waals surface area contributed by atoms with Crippen molar-refractivity contribution >= 4 is 50.5 Å². The molecule has 0 radical (unpaired) electrons. The van der Waals surface area contributed by atoms with Crippen LogP contribution in [0, 0.1) is 5.82 Å². The third-order valence-electron chi connectivity index (χ3n) is 7.03. The van der Waals surface area contributed by atoms with Crippen molar-refractivity contribution in [1.29, 1.82) is 0 Å². The van der Waals surface area contributed by atoms with Gasteiger partial charge in [0.1, 0.15) is 23.8 Å². The highest BCUT2D eigenvalue weighted by atomic mass is 35.5. The first-order valence-electron chi connectivity index (χ1n) is 13.2. The number of aromatic nitrogens is 2. The third kappa shape index (κ3) is 4.70. The Labute approximate surface area is 243 Å². The Kier molecular flexibility index (Phi) is 6.49. The number of benzene rings is 5. The minimum atomic E-state index is -0.362. The summed E-state index contributed by atoms with van der Waals surface area (Å²) in [5.74, 6) is 0.735. The SMILES string of the molecule is O=c1c2ccccc2nc(-c2cc3cc(Cl)ccc3o2)n1N=Cc1c(OCc2ccccc2F)ccc2ccccc12. The molecule has 0 aliphatic rings. The largest absolute Gasteiger partial charge is 0.488 e. The van der Waals surface area contributed by atoms with Crippen molar-refractivity contribution in [2.24, 2.45) is 5.10 Å². The van der Waals surface area contributed by atoms with Crippen LogP contribution < -0.4 is 10.3 Å². The zero-order valence-electron chi connectivity index (χ0n) is 22.0. The molecular formula is C34H21ClFN3O3. The van der Waals surface area contributed by atoms with Crippen LogP contribution in [-0.2, 0) is 6.61 Å². The number of halogens is 2.